The number of urea groups is 1. The summed E-state index contributed by atoms with van der Waals surface area (Å²) in [6.07, 6.45) is 0.932. The highest BCUT2D eigenvalue weighted by atomic mass is 19.1. The van der Waals surface area contributed by atoms with E-state index in [9.17, 15) is 14.4 Å². The van der Waals surface area contributed by atoms with E-state index in [1.54, 1.807) is 45.0 Å². The van der Waals surface area contributed by atoms with Crippen LogP contribution in [0, 0.1) is 12.7 Å². The second-order valence-corrected chi connectivity index (χ2v) is 9.45. The van der Waals surface area contributed by atoms with E-state index in [2.05, 4.69) is 15.6 Å². The molecule has 2 heterocycles. The summed E-state index contributed by atoms with van der Waals surface area (Å²) in [5.74, 6) is -1.13. The first-order valence-corrected chi connectivity index (χ1v) is 11.6. The van der Waals surface area contributed by atoms with Gasteiger partial charge < -0.3 is 25.0 Å². The van der Waals surface area contributed by atoms with Crippen molar-refractivity contribution in [1.29, 1.82) is 0 Å². The van der Waals surface area contributed by atoms with Crippen LogP contribution >= 0.6 is 0 Å². The number of aryl methyl sites for hydroxylation is 1. The molecule has 0 aliphatic carbocycles. The Kier molecular flexibility index (Phi) is 8.81. The van der Waals surface area contributed by atoms with Gasteiger partial charge in [0.2, 0.25) is 0 Å². The molecule has 3 amide bonds. The number of piperazine rings is 1. The molecular formula is C25H32FN5O5. The van der Waals surface area contributed by atoms with E-state index in [1.807, 2.05) is 11.8 Å². The Morgan fingerprint density at radius 3 is 2.42 bits per heavy atom. The van der Waals surface area contributed by atoms with Crippen molar-refractivity contribution in [3.05, 3.63) is 53.6 Å². The number of anilines is 2. The van der Waals surface area contributed by atoms with Gasteiger partial charge in [-0.25, -0.2) is 18.8 Å². The summed E-state index contributed by atoms with van der Waals surface area (Å²) in [7, 11) is 0. The van der Waals surface area contributed by atoms with Crippen molar-refractivity contribution in [2.75, 3.05) is 43.4 Å². The maximum absolute atomic E-state index is 15.1. The molecule has 0 bridgehead atoms. The number of ether oxygens (including phenoxy) is 2. The van der Waals surface area contributed by atoms with Gasteiger partial charge in [0.15, 0.2) is 12.4 Å². The van der Waals surface area contributed by atoms with Crippen LogP contribution in [0.25, 0.3) is 0 Å². The summed E-state index contributed by atoms with van der Waals surface area (Å²) in [4.78, 5) is 43.9. The Bertz CT molecular complexity index is 1080. The first kappa shape index (κ1) is 26.9. The van der Waals surface area contributed by atoms with Crippen LogP contribution in [0.15, 0.2) is 36.5 Å². The van der Waals surface area contributed by atoms with E-state index in [1.165, 1.54) is 17.2 Å². The molecule has 0 unspecified atom stereocenters. The fourth-order valence-electron chi connectivity index (χ4n) is 3.54. The fourth-order valence-corrected chi connectivity index (χ4v) is 3.54. The molecule has 10 nitrogen and oxygen atoms in total. The number of halogens is 1. The summed E-state index contributed by atoms with van der Waals surface area (Å²) in [6, 6.07) is 7.72. The van der Waals surface area contributed by atoms with E-state index in [0.29, 0.717) is 44.0 Å². The van der Waals surface area contributed by atoms with Crippen LogP contribution in [0.4, 0.5) is 25.4 Å². The maximum Gasteiger partial charge on any atom is 0.410 e. The normalized spacial score (nSPS) is 14.2. The Balaban J connectivity index is 1.47. The molecule has 1 aromatic heterocycles. The molecule has 3 rings (SSSR count). The van der Waals surface area contributed by atoms with E-state index >= 15 is 4.39 Å². The van der Waals surface area contributed by atoms with Crippen LogP contribution in [0.2, 0.25) is 0 Å². The largest absolute Gasteiger partial charge is 0.457 e. The summed E-state index contributed by atoms with van der Waals surface area (Å²) in [5.41, 5.74) is 1.15. The van der Waals surface area contributed by atoms with E-state index in [4.69, 9.17) is 9.47 Å². The Hall–Kier alpha value is -3.73. The SMILES string of the molecule is Cc1ccc(NC(=O)Nc2cccc(CN3CCN(C(=O)OCC(=O)OC(C)(C)C)CC3)c2F)cn1. The Morgan fingerprint density at radius 1 is 1.06 bits per heavy atom. The molecule has 1 fully saturated rings. The lowest BCUT2D eigenvalue weighted by molar-refractivity contribution is -0.158. The molecule has 36 heavy (non-hydrogen) atoms. The second-order valence-electron chi connectivity index (χ2n) is 9.45. The number of pyridine rings is 1. The van der Waals surface area contributed by atoms with Crippen molar-refractivity contribution in [3.8, 4) is 0 Å². The number of hydrogen-bond donors (Lipinski definition) is 2. The van der Waals surface area contributed by atoms with Gasteiger partial charge in [-0.1, -0.05) is 12.1 Å². The third-order valence-electron chi connectivity index (χ3n) is 5.25. The van der Waals surface area contributed by atoms with Crippen LogP contribution in [0.3, 0.4) is 0 Å². The predicted molar refractivity (Wildman–Crippen MR) is 132 cm³/mol. The van der Waals surface area contributed by atoms with Gasteiger partial charge in [0.25, 0.3) is 0 Å². The lowest BCUT2D eigenvalue weighted by atomic mass is 10.1. The monoisotopic (exact) mass is 501 g/mol. The summed E-state index contributed by atoms with van der Waals surface area (Å²) >= 11 is 0. The molecule has 194 valence electrons. The van der Waals surface area contributed by atoms with Crippen LogP contribution in [0.1, 0.15) is 32.0 Å². The van der Waals surface area contributed by atoms with Crippen LogP contribution in [0.5, 0.6) is 0 Å². The zero-order valence-corrected chi connectivity index (χ0v) is 21.0. The molecule has 1 aliphatic heterocycles. The maximum atomic E-state index is 15.1. The summed E-state index contributed by atoms with van der Waals surface area (Å²) in [6.45, 7) is 8.65. The highest BCUT2D eigenvalue weighted by molar-refractivity contribution is 5.99. The first-order chi connectivity index (χ1) is 17.0. The first-order valence-electron chi connectivity index (χ1n) is 11.6. The van der Waals surface area contributed by atoms with E-state index < -0.39 is 36.1 Å². The molecule has 11 heteroatoms. The number of benzene rings is 1. The number of amides is 3. The topological polar surface area (TPSA) is 113 Å². The number of rotatable bonds is 6. The molecule has 1 aliphatic rings. The molecule has 2 N–H and O–H groups in total. The van der Waals surface area contributed by atoms with Gasteiger partial charge in [-0.05, 0) is 45.9 Å². The Morgan fingerprint density at radius 2 is 1.78 bits per heavy atom. The standard InChI is InChI=1S/C25H32FN5O5/c1-17-8-9-19(14-27-17)28-23(33)29-20-7-5-6-18(22(20)26)15-30-10-12-31(13-11-30)24(34)35-16-21(32)36-25(2,3)4/h5-9,14H,10-13,15-16H2,1-4H3,(H2,28,29,33). The van der Waals surface area contributed by atoms with Crippen LogP contribution < -0.4 is 10.6 Å². The van der Waals surface area contributed by atoms with Crippen molar-refractivity contribution in [2.45, 2.75) is 39.8 Å². The lowest BCUT2D eigenvalue weighted by Crippen LogP contribution is -2.48. The zero-order valence-electron chi connectivity index (χ0n) is 21.0. The summed E-state index contributed by atoms with van der Waals surface area (Å²) < 4.78 is 25.2. The zero-order chi connectivity index (χ0) is 26.3. The van der Waals surface area contributed by atoms with E-state index in [-0.39, 0.29) is 5.69 Å². The van der Waals surface area contributed by atoms with Crippen molar-refractivity contribution < 1.29 is 28.2 Å². The molecule has 1 aromatic carbocycles. The van der Waals surface area contributed by atoms with Gasteiger partial charge in [0, 0.05) is 44.0 Å². The van der Waals surface area contributed by atoms with Gasteiger partial charge in [0.05, 0.1) is 17.6 Å². The van der Waals surface area contributed by atoms with Crippen LogP contribution in [-0.4, -0.2) is 71.3 Å². The molecule has 0 radical (unpaired) electrons. The number of esters is 1. The molecule has 0 saturated carbocycles. The number of nitrogens with one attached hydrogen (secondary N) is 2. The number of hydrogen-bond acceptors (Lipinski definition) is 7. The predicted octanol–water partition coefficient (Wildman–Crippen LogP) is 3.77. The molecule has 1 saturated heterocycles. The van der Waals surface area contributed by atoms with Gasteiger partial charge in [-0.15, -0.1) is 0 Å². The van der Waals surface area contributed by atoms with Crippen molar-refractivity contribution >= 4 is 29.5 Å². The number of carbonyl (C=O) groups excluding carboxylic acids is 3. The number of nitrogens with zero attached hydrogens (tertiary/aromatic N) is 3. The molecule has 2 aromatic rings. The van der Waals surface area contributed by atoms with Crippen molar-refractivity contribution in [3.63, 3.8) is 0 Å². The van der Waals surface area contributed by atoms with Crippen molar-refractivity contribution in [2.24, 2.45) is 0 Å². The third-order valence-corrected chi connectivity index (χ3v) is 5.25. The van der Waals surface area contributed by atoms with Gasteiger partial charge in [-0.3, -0.25) is 9.88 Å². The lowest BCUT2D eigenvalue weighted by Gasteiger charge is -2.34. The Labute approximate surface area is 209 Å². The van der Waals surface area contributed by atoms with Gasteiger partial charge in [0.1, 0.15) is 5.60 Å². The second kappa shape index (κ2) is 11.8. The minimum Gasteiger partial charge on any atom is -0.457 e. The van der Waals surface area contributed by atoms with Crippen LogP contribution in [-0.2, 0) is 20.8 Å². The van der Waals surface area contributed by atoms with E-state index in [0.717, 1.165) is 5.69 Å². The van der Waals surface area contributed by atoms with Crippen molar-refractivity contribution in [1.82, 2.24) is 14.8 Å². The third kappa shape index (κ3) is 8.19. The molecule has 0 atom stereocenters. The smallest absolute Gasteiger partial charge is 0.410 e. The molecular weight excluding hydrogens is 469 g/mol. The minimum atomic E-state index is -0.653. The average Bonchev–Trinajstić information content (AvgIpc) is 2.81. The average molecular weight is 502 g/mol. The molecule has 0 spiro atoms. The summed E-state index contributed by atoms with van der Waals surface area (Å²) in [5, 5.41) is 5.15. The highest BCUT2D eigenvalue weighted by Gasteiger charge is 2.25. The number of aromatic nitrogens is 1. The minimum absolute atomic E-state index is 0.0643. The fraction of sp³-hybridized carbons (Fsp3) is 0.440. The van der Waals surface area contributed by atoms with Gasteiger partial charge in [-0.2, -0.15) is 0 Å². The van der Waals surface area contributed by atoms with Gasteiger partial charge >= 0.3 is 18.1 Å². The highest BCUT2D eigenvalue weighted by Crippen LogP contribution is 2.21. The number of carbonyl (C=O) groups is 3. The quantitative estimate of drug-likeness (QED) is 0.580.